The van der Waals surface area contributed by atoms with Gasteiger partial charge in [0, 0.05) is 23.9 Å². The molecule has 1 aliphatic rings. The smallest absolute Gasteiger partial charge is 0.269 e. The average Bonchev–Trinajstić information content (AvgIpc) is 3.22. The zero-order valence-corrected chi connectivity index (χ0v) is 12.6. The van der Waals surface area contributed by atoms with Gasteiger partial charge in [-0.3, -0.25) is 14.9 Å². The Kier molecular flexibility index (Phi) is 4.16. The molecule has 1 saturated carbocycles. The summed E-state index contributed by atoms with van der Waals surface area (Å²) in [5, 5.41) is 16.8. The number of non-ortho nitro benzene ring substituents is 1. The molecule has 6 nitrogen and oxygen atoms in total. The lowest BCUT2D eigenvalue weighted by atomic mass is 10.0. The third-order valence-electron chi connectivity index (χ3n) is 3.79. The topological polar surface area (TPSA) is 84.3 Å². The molecular weight excluding hydrogens is 270 g/mol. The van der Waals surface area contributed by atoms with Gasteiger partial charge >= 0.3 is 0 Å². The molecule has 1 aromatic carbocycles. The maximum Gasteiger partial charge on any atom is 0.269 e. The van der Waals surface area contributed by atoms with Gasteiger partial charge in [-0.25, -0.2) is 0 Å². The SMILES string of the molecule is C[C@H](NC(=O)C(C)(C)Nc1ccc([N+](=O)[O-])cc1)C1CC1. The number of carbonyl (C=O) groups is 1. The predicted octanol–water partition coefficient (Wildman–Crippen LogP) is 2.70. The van der Waals surface area contributed by atoms with Crippen LogP contribution in [0.3, 0.4) is 0 Å². The van der Waals surface area contributed by atoms with Crippen molar-refractivity contribution in [2.45, 2.75) is 45.2 Å². The fourth-order valence-corrected chi connectivity index (χ4v) is 2.19. The highest BCUT2D eigenvalue weighted by Crippen LogP contribution is 2.32. The number of carbonyl (C=O) groups excluding carboxylic acids is 1. The Labute approximate surface area is 124 Å². The molecule has 0 saturated heterocycles. The molecule has 1 fully saturated rings. The van der Waals surface area contributed by atoms with Gasteiger partial charge in [0.15, 0.2) is 0 Å². The molecule has 0 unspecified atom stereocenters. The van der Waals surface area contributed by atoms with E-state index < -0.39 is 10.5 Å². The fraction of sp³-hybridized carbons (Fsp3) is 0.533. The van der Waals surface area contributed by atoms with Crippen LogP contribution in [-0.4, -0.2) is 22.4 Å². The molecule has 0 aliphatic heterocycles. The van der Waals surface area contributed by atoms with Gasteiger partial charge in [-0.05, 0) is 51.7 Å². The summed E-state index contributed by atoms with van der Waals surface area (Å²) in [6.07, 6.45) is 2.36. The van der Waals surface area contributed by atoms with E-state index in [-0.39, 0.29) is 17.6 Å². The largest absolute Gasteiger partial charge is 0.372 e. The lowest BCUT2D eigenvalue weighted by molar-refractivity contribution is -0.384. The van der Waals surface area contributed by atoms with E-state index in [4.69, 9.17) is 0 Å². The van der Waals surface area contributed by atoms with Crippen LogP contribution in [0.25, 0.3) is 0 Å². The van der Waals surface area contributed by atoms with Crippen LogP contribution < -0.4 is 10.6 Å². The molecule has 2 rings (SSSR count). The van der Waals surface area contributed by atoms with Gasteiger partial charge in [-0.15, -0.1) is 0 Å². The number of hydrogen-bond donors (Lipinski definition) is 2. The number of rotatable bonds is 6. The van der Waals surface area contributed by atoms with Crippen molar-refractivity contribution in [3.63, 3.8) is 0 Å². The van der Waals surface area contributed by atoms with Crippen molar-refractivity contribution in [3.8, 4) is 0 Å². The fourth-order valence-electron chi connectivity index (χ4n) is 2.19. The van der Waals surface area contributed by atoms with Crippen LogP contribution in [0, 0.1) is 16.0 Å². The minimum Gasteiger partial charge on any atom is -0.372 e. The summed E-state index contributed by atoms with van der Waals surface area (Å²) >= 11 is 0. The molecule has 1 aliphatic carbocycles. The van der Waals surface area contributed by atoms with E-state index in [1.54, 1.807) is 26.0 Å². The van der Waals surface area contributed by atoms with E-state index in [1.807, 2.05) is 6.92 Å². The van der Waals surface area contributed by atoms with Gasteiger partial charge in [0.25, 0.3) is 5.69 Å². The van der Waals surface area contributed by atoms with Crippen LogP contribution in [0.4, 0.5) is 11.4 Å². The summed E-state index contributed by atoms with van der Waals surface area (Å²) in [7, 11) is 0. The second kappa shape index (κ2) is 5.71. The quantitative estimate of drug-likeness (QED) is 0.623. The Hall–Kier alpha value is -2.11. The van der Waals surface area contributed by atoms with Crippen molar-refractivity contribution in [3.05, 3.63) is 34.4 Å². The van der Waals surface area contributed by atoms with Crippen molar-refractivity contribution in [2.24, 2.45) is 5.92 Å². The van der Waals surface area contributed by atoms with Crippen LogP contribution in [0.2, 0.25) is 0 Å². The van der Waals surface area contributed by atoms with Gasteiger partial charge < -0.3 is 10.6 Å². The first kappa shape index (κ1) is 15.3. The van der Waals surface area contributed by atoms with Crippen molar-refractivity contribution < 1.29 is 9.72 Å². The molecule has 6 heteroatoms. The molecule has 114 valence electrons. The monoisotopic (exact) mass is 291 g/mol. The number of nitrogens with zero attached hydrogens (tertiary/aromatic N) is 1. The summed E-state index contributed by atoms with van der Waals surface area (Å²) in [5.41, 5.74) is -0.0655. The Morgan fingerprint density at radius 2 is 1.90 bits per heavy atom. The van der Waals surface area contributed by atoms with Crippen molar-refractivity contribution >= 4 is 17.3 Å². The molecule has 0 heterocycles. The number of nitro benzene ring substituents is 1. The molecule has 2 N–H and O–H groups in total. The van der Waals surface area contributed by atoms with Gasteiger partial charge in [-0.2, -0.15) is 0 Å². The van der Waals surface area contributed by atoms with Crippen molar-refractivity contribution in [1.29, 1.82) is 0 Å². The number of amides is 1. The lowest BCUT2D eigenvalue weighted by Crippen LogP contribution is -2.51. The van der Waals surface area contributed by atoms with Gasteiger partial charge in [0.05, 0.1) is 4.92 Å². The first-order valence-electron chi connectivity index (χ1n) is 7.13. The van der Waals surface area contributed by atoms with Crippen LogP contribution in [0.15, 0.2) is 24.3 Å². The molecule has 0 spiro atoms. The van der Waals surface area contributed by atoms with E-state index in [9.17, 15) is 14.9 Å². The number of nitro groups is 1. The maximum absolute atomic E-state index is 12.3. The number of anilines is 1. The van der Waals surface area contributed by atoms with E-state index in [1.165, 1.54) is 25.0 Å². The van der Waals surface area contributed by atoms with E-state index >= 15 is 0 Å². The molecule has 0 radical (unpaired) electrons. The predicted molar refractivity (Wildman–Crippen MR) is 81.1 cm³/mol. The highest BCUT2D eigenvalue weighted by atomic mass is 16.6. The highest BCUT2D eigenvalue weighted by Gasteiger charge is 2.33. The van der Waals surface area contributed by atoms with Crippen LogP contribution in [0.1, 0.15) is 33.6 Å². The van der Waals surface area contributed by atoms with E-state index in [0.29, 0.717) is 11.6 Å². The normalized spacial score (nSPS) is 16.1. The Bertz CT molecular complexity index is 536. The molecule has 21 heavy (non-hydrogen) atoms. The highest BCUT2D eigenvalue weighted by molar-refractivity contribution is 5.88. The first-order chi connectivity index (χ1) is 9.79. The van der Waals surface area contributed by atoms with Gasteiger partial charge in [-0.1, -0.05) is 0 Å². The zero-order valence-electron chi connectivity index (χ0n) is 12.6. The summed E-state index contributed by atoms with van der Waals surface area (Å²) in [5.74, 6) is 0.532. The van der Waals surface area contributed by atoms with E-state index in [2.05, 4.69) is 10.6 Å². The molecule has 1 amide bonds. The van der Waals surface area contributed by atoms with Crippen LogP contribution in [-0.2, 0) is 4.79 Å². The first-order valence-corrected chi connectivity index (χ1v) is 7.13. The second-order valence-electron chi connectivity index (χ2n) is 6.15. The third-order valence-corrected chi connectivity index (χ3v) is 3.79. The standard InChI is InChI=1S/C15H21N3O3/c1-10(11-4-5-11)16-14(19)15(2,3)17-12-6-8-13(9-7-12)18(20)21/h6-11,17H,4-5H2,1-3H3,(H,16,19)/t10-/m0/s1. The summed E-state index contributed by atoms with van der Waals surface area (Å²) in [6, 6.07) is 6.25. The van der Waals surface area contributed by atoms with Crippen LogP contribution in [0.5, 0.6) is 0 Å². The number of nitrogens with one attached hydrogen (secondary N) is 2. The number of benzene rings is 1. The molecule has 0 bridgehead atoms. The van der Waals surface area contributed by atoms with Gasteiger partial charge in [0.2, 0.25) is 5.91 Å². The Balaban J connectivity index is 1.98. The Morgan fingerprint density at radius 1 is 1.33 bits per heavy atom. The zero-order chi connectivity index (χ0) is 15.6. The third kappa shape index (κ3) is 3.93. The second-order valence-corrected chi connectivity index (χ2v) is 6.15. The molecule has 0 aromatic heterocycles. The molecule has 1 atom stereocenters. The lowest BCUT2D eigenvalue weighted by Gasteiger charge is -2.28. The van der Waals surface area contributed by atoms with Crippen molar-refractivity contribution in [1.82, 2.24) is 5.32 Å². The number of hydrogen-bond acceptors (Lipinski definition) is 4. The minimum absolute atomic E-state index is 0.0326. The van der Waals surface area contributed by atoms with E-state index in [0.717, 1.165) is 0 Å². The maximum atomic E-state index is 12.3. The molecule has 1 aromatic rings. The van der Waals surface area contributed by atoms with Crippen molar-refractivity contribution in [2.75, 3.05) is 5.32 Å². The molecular formula is C15H21N3O3. The summed E-state index contributed by atoms with van der Waals surface area (Å²) in [4.78, 5) is 22.5. The van der Waals surface area contributed by atoms with Gasteiger partial charge in [0.1, 0.15) is 5.54 Å². The average molecular weight is 291 g/mol. The summed E-state index contributed by atoms with van der Waals surface area (Å²) in [6.45, 7) is 5.62. The Morgan fingerprint density at radius 3 is 2.38 bits per heavy atom. The minimum atomic E-state index is -0.778. The van der Waals surface area contributed by atoms with Crippen LogP contribution >= 0.6 is 0 Å². The summed E-state index contributed by atoms with van der Waals surface area (Å²) < 4.78 is 0.